The maximum atomic E-state index is 12.8. The number of rotatable bonds is 4. The molecule has 1 aliphatic rings. The van der Waals surface area contributed by atoms with E-state index in [1.54, 1.807) is 43.0 Å². The Labute approximate surface area is 167 Å². The van der Waals surface area contributed by atoms with Crippen molar-refractivity contribution < 1.29 is 17.9 Å². The molecule has 146 valence electrons. The van der Waals surface area contributed by atoms with Gasteiger partial charge >= 0.3 is 6.18 Å². The topological polar surface area (TPSA) is 52.8 Å². The van der Waals surface area contributed by atoms with Gasteiger partial charge in [-0.15, -0.1) is 11.8 Å². The van der Waals surface area contributed by atoms with Gasteiger partial charge in [0.25, 0.3) is 0 Å². The molecular weight excluding hydrogens is 413 g/mol. The van der Waals surface area contributed by atoms with Crippen molar-refractivity contribution in [1.82, 2.24) is 19.7 Å². The second-order valence-electron chi connectivity index (χ2n) is 6.21. The molecule has 28 heavy (non-hydrogen) atoms. The van der Waals surface area contributed by atoms with Crippen LogP contribution in [0.3, 0.4) is 0 Å². The molecule has 0 N–H and O–H groups in total. The molecule has 0 amide bonds. The molecule has 1 aliphatic heterocycles. The summed E-state index contributed by atoms with van der Waals surface area (Å²) in [6, 6.07) is 7.98. The third kappa shape index (κ3) is 3.81. The van der Waals surface area contributed by atoms with Crippen molar-refractivity contribution in [2.24, 2.45) is 0 Å². The van der Waals surface area contributed by atoms with E-state index < -0.39 is 11.9 Å². The van der Waals surface area contributed by atoms with E-state index in [0.29, 0.717) is 17.3 Å². The van der Waals surface area contributed by atoms with Gasteiger partial charge in [0.05, 0.1) is 16.3 Å². The summed E-state index contributed by atoms with van der Waals surface area (Å²) >= 11 is 7.58. The van der Waals surface area contributed by atoms with E-state index in [1.165, 1.54) is 4.68 Å². The van der Waals surface area contributed by atoms with Crippen LogP contribution in [0, 0.1) is 6.92 Å². The molecule has 0 unspecified atom stereocenters. The maximum absolute atomic E-state index is 12.8. The summed E-state index contributed by atoms with van der Waals surface area (Å²) in [5.74, 6) is 1.37. The van der Waals surface area contributed by atoms with Crippen molar-refractivity contribution >= 4 is 23.4 Å². The van der Waals surface area contributed by atoms with Gasteiger partial charge in [0.15, 0.2) is 5.69 Å². The van der Waals surface area contributed by atoms with Crippen LogP contribution in [0.4, 0.5) is 13.2 Å². The van der Waals surface area contributed by atoms with E-state index in [1.807, 2.05) is 0 Å². The van der Waals surface area contributed by atoms with Crippen LogP contribution >= 0.6 is 23.4 Å². The monoisotopic (exact) mass is 426 g/mol. The quantitative estimate of drug-likeness (QED) is 0.557. The zero-order valence-electron chi connectivity index (χ0n) is 14.6. The number of alkyl halides is 3. The average molecular weight is 427 g/mol. The van der Waals surface area contributed by atoms with Crippen molar-refractivity contribution in [3.63, 3.8) is 0 Å². The van der Waals surface area contributed by atoms with Gasteiger partial charge in [0, 0.05) is 17.9 Å². The Morgan fingerprint density at radius 1 is 1.21 bits per heavy atom. The molecular formula is C18H14ClF3N4OS. The molecule has 10 heteroatoms. The number of thioether (sulfide) groups is 1. The first-order valence-electron chi connectivity index (χ1n) is 8.36. The summed E-state index contributed by atoms with van der Waals surface area (Å²) in [5, 5.41) is 3.80. The third-order valence-corrected chi connectivity index (χ3v) is 5.47. The standard InChI is InChI=1S/C18H14ClF3N4OS/c1-10-8-14(18(20,21)22)25-26(10)12-4-2-11(3-5-12)9-27-16-15-13(6-7-28-15)23-17(19)24-16/h2-5,8H,6-7,9H2,1H3. The summed E-state index contributed by atoms with van der Waals surface area (Å²) in [5.41, 5.74) is 1.77. The molecule has 5 nitrogen and oxygen atoms in total. The van der Waals surface area contributed by atoms with Gasteiger partial charge in [-0.2, -0.15) is 23.3 Å². The molecule has 4 rings (SSSR count). The lowest BCUT2D eigenvalue weighted by molar-refractivity contribution is -0.141. The average Bonchev–Trinajstić information content (AvgIpc) is 3.26. The van der Waals surface area contributed by atoms with Crippen LogP contribution in [-0.4, -0.2) is 25.5 Å². The normalized spacial score (nSPS) is 13.6. The van der Waals surface area contributed by atoms with Gasteiger partial charge < -0.3 is 4.74 Å². The first kappa shape index (κ1) is 19.1. The molecule has 0 saturated heterocycles. The predicted molar refractivity (Wildman–Crippen MR) is 99.1 cm³/mol. The second-order valence-corrected chi connectivity index (χ2v) is 7.65. The smallest absolute Gasteiger partial charge is 0.435 e. The molecule has 0 atom stereocenters. The lowest BCUT2D eigenvalue weighted by Crippen LogP contribution is -2.07. The van der Waals surface area contributed by atoms with Crippen LogP contribution in [0.25, 0.3) is 5.69 Å². The molecule has 0 radical (unpaired) electrons. The number of fused-ring (bicyclic) bond motifs is 1. The van der Waals surface area contributed by atoms with Gasteiger partial charge in [0.2, 0.25) is 11.2 Å². The number of aromatic nitrogens is 4. The molecule has 0 fully saturated rings. The van der Waals surface area contributed by atoms with Crippen LogP contribution in [0.2, 0.25) is 5.28 Å². The highest BCUT2D eigenvalue weighted by molar-refractivity contribution is 7.99. The number of hydrogen-bond donors (Lipinski definition) is 0. The minimum Gasteiger partial charge on any atom is -0.472 e. The Balaban J connectivity index is 1.50. The summed E-state index contributed by atoms with van der Waals surface area (Å²) in [6.45, 7) is 1.84. The second kappa shape index (κ2) is 7.29. The molecule has 0 spiro atoms. The van der Waals surface area contributed by atoms with Crippen LogP contribution in [0.15, 0.2) is 35.2 Å². The molecule has 1 aromatic carbocycles. The molecule has 2 aromatic heterocycles. The molecule has 0 aliphatic carbocycles. The van der Waals surface area contributed by atoms with Crippen molar-refractivity contribution in [2.45, 2.75) is 31.0 Å². The van der Waals surface area contributed by atoms with Crippen LogP contribution in [-0.2, 0) is 19.2 Å². The number of benzene rings is 1. The van der Waals surface area contributed by atoms with E-state index in [2.05, 4.69) is 15.1 Å². The van der Waals surface area contributed by atoms with Crippen molar-refractivity contribution in [3.8, 4) is 11.6 Å². The summed E-state index contributed by atoms with van der Waals surface area (Å²) in [4.78, 5) is 9.27. The highest BCUT2D eigenvalue weighted by Crippen LogP contribution is 2.37. The Morgan fingerprint density at radius 2 is 1.96 bits per heavy atom. The van der Waals surface area contributed by atoms with E-state index in [4.69, 9.17) is 16.3 Å². The Hall–Kier alpha value is -2.26. The van der Waals surface area contributed by atoms with Crippen LogP contribution in [0.1, 0.15) is 22.6 Å². The van der Waals surface area contributed by atoms with E-state index in [0.717, 1.165) is 34.4 Å². The largest absolute Gasteiger partial charge is 0.472 e. The first-order valence-corrected chi connectivity index (χ1v) is 9.73. The zero-order chi connectivity index (χ0) is 19.9. The van der Waals surface area contributed by atoms with Gasteiger partial charge in [-0.05, 0) is 42.3 Å². The number of aryl methyl sites for hydroxylation is 2. The fourth-order valence-corrected chi connectivity index (χ4v) is 4.09. The number of hydrogen-bond acceptors (Lipinski definition) is 5. The zero-order valence-corrected chi connectivity index (χ0v) is 16.2. The SMILES string of the molecule is Cc1cc(C(F)(F)F)nn1-c1ccc(COc2nc(Cl)nc3c2SCC3)cc1. The van der Waals surface area contributed by atoms with Gasteiger partial charge in [0.1, 0.15) is 6.61 Å². The Bertz CT molecular complexity index is 1020. The van der Waals surface area contributed by atoms with E-state index >= 15 is 0 Å². The molecule has 0 saturated carbocycles. The van der Waals surface area contributed by atoms with Crippen molar-refractivity contribution in [3.05, 3.63) is 58.3 Å². The minimum absolute atomic E-state index is 0.154. The maximum Gasteiger partial charge on any atom is 0.435 e. The van der Waals surface area contributed by atoms with Crippen LogP contribution < -0.4 is 4.74 Å². The van der Waals surface area contributed by atoms with Crippen molar-refractivity contribution in [2.75, 3.05) is 5.75 Å². The minimum atomic E-state index is -4.47. The fourth-order valence-electron chi connectivity index (χ4n) is 2.87. The number of nitrogens with zero attached hydrogens (tertiary/aromatic N) is 4. The van der Waals surface area contributed by atoms with Crippen molar-refractivity contribution in [1.29, 1.82) is 0 Å². The Kier molecular flexibility index (Phi) is 4.96. The van der Waals surface area contributed by atoms with Gasteiger partial charge in [-0.3, -0.25) is 0 Å². The van der Waals surface area contributed by atoms with E-state index in [9.17, 15) is 13.2 Å². The van der Waals surface area contributed by atoms with E-state index in [-0.39, 0.29) is 11.9 Å². The van der Waals surface area contributed by atoms with Gasteiger partial charge in [-0.1, -0.05) is 12.1 Å². The number of ether oxygens (including phenoxy) is 1. The molecule has 0 bridgehead atoms. The van der Waals surface area contributed by atoms with Crippen LogP contribution in [0.5, 0.6) is 5.88 Å². The van der Waals surface area contributed by atoms with Gasteiger partial charge in [-0.25, -0.2) is 9.67 Å². The number of halogens is 4. The lowest BCUT2D eigenvalue weighted by atomic mass is 10.2. The molecule has 3 aromatic rings. The summed E-state index contributed by atoms with van der Waals surface area (Å²) in [7, 11) is 0. The highest BCUT2D eigenvalue weighted by atomic mass is 35.5. The molecule has 3 heterocycles. The fraction of sp³-hybridized carbons (Fsp3) is 0.278. The summed E-state index contributed by atoms with van der Waals surface area (Å²) < 4.78 is 45.6. The predicted octanol–water partition coefficient (Wildman–Crippen LogP) is 4.87. The lowest BCUT2D eigenvalue weighted by Gasteiger charge is -2.10. The summed E-state index contributed by atoms with van der Waals surface area (Å²) in [6.07, 6.45) is -3.64. The first-order chi connectivity index (χ1) is 13.3. The third-order valence-electron chi connectivity index (χ3n) is 4.20. The highest BCUT2D eigenvalue weighted by Gasteiger charge is 2.34. The Morgan fingerprint density at radius 3 is 2.64 bits per heavy atom.